The Labute approximate surface area is 235 Å². The number of para-hydroxylation sites is 3. The Hall–Kier alpha value is -3.52. The molecule has 4 N–H and O–H groups in total. The van der Waals surface area contributed by atoms with Crippen LogP contribution in [0.5, 0.6) is 17.2 Å². The lowest BCUT2D eigenvalue weighted by Crippen LogP contribution is -2.42. The van der Waals surface area contributed by atoms with Gasteiger partial charge >= 0.3 is 0 Å². The number of carbonyl (C=O) groups excluding carboxylic acids is 1. The van der Waals surface area contributed by atoms with Crippen molar-refractivity contribution < 1.29 is 39.4 Å². The molecular formula is C28H33N3O8S. The number of rotatable bonds is 16. The number of aliphatic hydroxyl groups excluding tert-OH is 1. The van der Waals surface area contributed by atoms with Crippen molar-refractivity contribution in [3.8, 4) is 17.2 Å². The Morgan fingerprint density at radius 3 is 2.45 bits per heavy atom. The van der Waals surface area contributed by atoms with E-state index >= 15 is 0 Å². The summed E-state index contributed by atoms with van der Waals surface area (Å²) in [6.07, 6.45) is -0.957. The fourth-order valence-corrected chi connectivity index (χ4v) is 4.93. The number of H-pyrrole nitrogens is 1. The van der Waals surface area contributed by atoms with E-state index in [2.05, 4.69) is 9.82 Å². The molecule has 40 heavy (non-hydrogen) atoms. The number of benzene rings is 3. The lowest BCUT2D eigenvalue weighted by atomic mass is 10.1. The van der Waals surface area contributed by atoms with Crippen LogP contribution in [-0.2, 0) is 9.63 Å². The minimum atomic E-state index is -0.957. The van der Waals surface area contributed by atoms with E-state index in [1.807, 2.05) is 54.6 Å². The highest BCUT2D eigenvalue weighted by Crippen LogP contribution is 2.33. The summed E-state index contributed by atoms with van der Waals surface area (Å²) in [6, 6.07) is 20.9. The molecule has 1 heterocycles. The van der Waals surface area contributed by atoms with E-state index in [1.165, 1.54) is 16.7 Å². The van der Waals surface area contributed by atoms with E-state index in [9.17, 15) is 9.90 Å². The standard InChI is InChI=1S/C28H33N3O8S/c1-36-24-10-4-5-11-25(24)37-14-13-30(27(33)19-40-16-15-39-31(34)35)17-20(32)18-38-26-12-6-9-23-28(26)21-7-2-3-8-22(21)29-23/h2-12,20,29,32,34-35H,13-19H2,1H3. The van der Waals surface area contributed by atoms with Crippen molar-refractivity contribution in [2.75, 3.05) is 51.5 Å². The largest absolute Gasteiger partial charge is 0.493 e. The first kappa shape index (κ1) is 29.5. The molecule has 3 aromatic carbocycles. The fourth-order valence-electron chi connectivity index (χ4n) is 4.23. The number of amides is 1. The summed E-state index contributed by atoms with van der Waals surface area (Å²) in [5.41, 5.74) is 1.93. The predicted molar refractivity (Wildman–Crippen MR) is 151 cm³/mol. The Morgan fingerprint density at radius 2 is 1.65 bits per heavy atom. The first-order chi connectivity index (χ1) is 19.5. The molecule has 0 fully saturated rings. The van der Waals surface area contributed by atoms with Crippen LogP contribution in [0.1, 0.15) is 0 Å². The predicted octanol–water partition coefficient (Wildman–Crippen LogP) is 3.72. The Kier molecular flexibility index (Phi) is 10.9. The molecule has 0 aliphatic heterocycles. The molecular weight excluding hydrogens is 538 g/mol. The lowest BCUT2D eigenvalue weighted by Gasteiger charge is -2.26. The van der Waals surface area contributed by atoms with Gasteiger partial charge in [-0.05, 0) is 30.3 Å². The summed E-state index contributed by atoms with van der Waals surface area (Å²) in [6.45, 7) is 0.448. The number of aromatic amines is 1. The Bertz CT molecular complexity index is 1380. The quantitative estimate of drug-likeness (QED) is 0.116. The average molecular weight is 572 g/mol. The lowest BCUT2D eigenvalue weighted by molar-refractivity contribution is -0.490. The Morgan fingerprint density at radius 1 is 0.925 bits per heavy atom. The molecule has 1 aromatic heterocycles. The van der Waals surface area contributed by atoms with Crippen LogP contribution in [0.15, 0.2) is 66.7 Å². The zero-order chi connectivity index (χ0) is 28.3. The van der Waals surface area contributed by atoms with E-state index < -0.39 is 6.10 Å². The molecule has 0 spiro atoms. The van der Waals surface area contributed by atoms with Crippen molar-refractivity contribution in [2.24, 2.45) is 0 Å². The van der Waals surface area contributed by atoms with Crippen LogP contribution in [0, 0.1) is 0 Å². The first-order valence-electron chi connectivity index (χ1n) is 12.7. The summed E-state index contributed by atoms with van der Waals surface area (Å²) in [4.78, 5) is 22.4. The smallest absolute Gasteiger partial charge is 0.232 e. The molecule has 0 aliphatic carbocycles. The molecule has 214 valence electrons. The second kappa shape index (κ2) is 14.7. The van der Waals surface area contributed by atoms with Gasteiger partial charge in [-0.2, -0.15) is 0 Å². The molecule has 0 radical (unpaired) electrons. The number of fused-ring (bicyclic) bond motifs is 3. The van der Waals surface area contributed by atoms with Crippen molar-refractivity contribution in [2.45, 2.75) is 6.10 Å². The maximum absolute atomic E-state index is 13.0. The highest BCUT2D eigenvalue weighted by atomic mass is 32.2. The third-order valence-corrected chi connectivity index (χ3v) is 6.96. The third kappa shape index (κ3) is 8.01. The van der Waals surface area contributed by atoms with Gasteiger partial charge in [-0.1, -0.05) is 36.4 Å². The van der Waals surface area contributed by atoms with Crippen molar-refractivity contribution in [3.05, 3.63) is 66.7 Å². The number of ether oxygens (including phenoxy) is 3. The minimum absolute atomic E-state index is 0.0116. The third-order valence-electron chi connectivity index (χ3n) is 6.05. The first-order valence-corrected chi connectivity index (χ1v) is 13.8. The van der Waals surface area contributed by atoms with Crippen LogP contribution in [0.2, 0.25) is 0 Å². The van der Waals surface area contributed by atoms with Gasteiger partial charge in [0.25, 0.3) is 0 Å². The molecule has 11 nitrogen and oxygen atoms in total. The van der Waals surface area contributed by atoms with Crippen LogP contribution >= 0.6 is 11.8 Å². The van der Waals surface area contributed by atoms with Gasteiger partial charge in [0.2, 0.25) is 5.91 Å². The van der Waals surface area contributed by atoms with E-state index in [1.54, 1.807) is 19.2 Å². The van der Waals surface area contributed by atoms with Gasteiger partial charge < -0.3 is 29.2 Å². The normalized spacial score (nSPS) is 12.1. The fraction of sp³-hybridized carbons (Fsp3) is 0.321. The number of aliphatic hydroxyl groups is 1. The van der Waals surface area contributed by atoms with Gasteiger partial charge in [-0.15, -0.1) is 11.8 Å². The molecule has 4 aromatic rings. The van der Waals surface area contributed by atoms with Crippen LogP contribution in [0.4, 0.5) is 0 Å². The van der Waals surface area contributed by atoms with Crippen LogP contribution in [0.3, 0.4) is 0 Å². The zero-order valence-corrected chi connectivity index (χ0v) is 22.9. The van der Waals surface area contributed by atoms with Gasteiger partial charge in [0.05, 0.1) is 43.5 Å². The molecule has 0 saturated heterocycles. The van der Waals surface area contributed by atoms with Gasteiger partial charge in [-0.25, -0.2) is 4.84 Å². The highest BCUT2D eigenvalue weighted by molar-refractivity contribution is 7.99. The topological polar surface area (TPSA) is 137 Å². The number of nitrogens with zero attached hydrogens (tertiary/aromatic N) is 2. The summed E-state index contributed by atoms with van der Waals surface area (Å²) in [5.74, 6) is 2.03. The molecule has 1 amide bonds. The monoisotopic (exact) mass is 571 g/mol. The van der Waals surface area contributed by atoms with Gasteiger partial charge in [0.1, 0.15) is 25.1 Å². The summed E-state index contributed by atoms with van der Waals surface area (Å²) in [5, 5.41) is 29.7. The molecule has 12 heteroatoms. The van der Waals surface area contributed by atoms with E-state index in [-0.39, 0.29) is 50.0 Å². The highest BCUT2D eigenvalue weighted by Gasteiger charge is 2.20. The SMILES string of the molecule is COc1ccccc1OCCN(CC(O)COc1cccc2[nH]c3ccccc3c12)C(=O)CSCCON(O)O. The van der Waals surface area contributed by atoms with Gasteiger partial charge in [-0.3, -0.25) is 15.2 Å². The number of hydrogen-bond acceptors (Lipinski definition) is 10. The minimum Gasteiger partial charge on any atom is -0.493 e. The van der Waals surface area contributed by atoms with E-state index in [0.717, 1.165) is 21.8 Å². The van der Waals surface area contributed by atoms with Crippen molar-refractivity contribution in [1.29, 1.82) is 0 Å². The average Bonchev–Trinajstić information content (AvgIpc) is 3.34. The van der Waals surface area contributed by atoms with Crippen molar-refractivity contribution in [1.82, 2.24) is 15.3 Å². The van der Waals surface area contributed by atoms with Crippen LogP contribution < -0.4 is 14.2 Å². The maximum Gasteiger partial charge on any atom is 0.232 e. The number of aromatic nitrogens is 1. The molecule has 4 rings (SSSR count). The number of carbonyl (C=O) groups is 1. The second-order valence-corrected chi connectivity index (χ2v) is 9.90. The summed E-state index contributed by atoms with van der Waals surface area (Å²) in [7, 11) is 1.55. The van der Waals surface area contributed by atoms with Gasteiger partial charge in [0.15, 0.2) is 11.5 Å². The molecule has 1 atom stereocenters. The van der Waals surface area contributed by atoms with E-state index in [4.69, 9.17) is 24.6 Å². The molecule has 0 saturated carbocycles. The summed E-state index contributed by atoms with van der Waals surface area (Å²) < 4.78 is 17.2. The van der Waals surface area contributed by atoms with Crippen LogP contribution in [-0.4, -0.2) is 94.3 Å². The van der Waals surface area contributed by atoms with Gasteiger partial charge in [0, 0.05) is 22.0 Å². The molecule has 1 unspecified atom stereocenters. The zero-order valence-electron chi connectivity index (χ0n) is 22.1. The number of hydrogen-bond donors (Lipinski definition) is 4. The Balaban J connectivity index is 1.37. The maximum atomic E-state index is 13.0. The van der Waals surface area contributed by atoms with Crippen molar-refractivity contribution >= 4 is 39.5 Å². The summed E-state index contributed by atoms with van der Waals surface area (Å²) >= 11 is 1.27. The number of nitrogens with one attached hydrogen (secondary N) is 1. The number of methoxy groups -OCH3 is 1. The van der Waals surface area contributed by atoms with Crippen LogP contribution in [0.25, 0.3) is 21.8 Å². The second-order valence-electron chi connectivity index (χ2n) is 8.79. The molecule has 0 bridgehead atoms. The number of thioether (sulfide) groups is 1. The molecule has 0 aliphatic rings. The van der Waals surface area contributed by atoms with E-state index in [0.29, 0.717) is 23.0 Å². The van der Waals surface area contributed by atoms with Crippen molar-refractivity contribution in [3.63, 3.8) is 0 Å².